The fourth-order valence-corrected chi connectivity index (χ4v) is 3.07. The van der Waals surface area contributed by atoms with Gasteiger partial charge in [-0.1, -0.05) is 24.3 Å². The van der Waals surface area contributed by atoms with Crippen molar-refractivity contribution < 1.29 is 14.6 Å². The van der Waals surface area contributed by atoms with E-state index in [4.69, 9.17) is 0 Å². The van der Waals surface area contributed by atoms with E-state index in [0.29, 0.717) is 35.4 Å². The zero-order chi connectivity index (χ0) is 20.3. The summed E-state index contributed by atoms with van der Waals surface area (Å²) in [5.41, 5.74) is 2.07. The molecule has 1 heterocycles. The Morgan fingerprint density at radius 3 is 1.68 bits per heavy atom. The van der Waals surface area contributed by atoms with Crippen molar-refractivity contribution in [2.45, 2.75) is 0 Å². The number of hydrogen-bond donors (Lipinski definition) is 0. The van der Waals surface area contributed by atoms with Crippen LogP contribution in [0.5, 0.6) is 0 Å². The Hall–Kier alpha value is -3.65. The van der Waals surface area contributed by atoms with Crippen LogP contribution < -0.4 is 0 Å². The van der Waals surface area contributed by atoms with Crippen LogP contribution in [0.2, 0.25) is 0 Å². The Kier molecular flexibility index (Phi) is 5.42. The van der Waals surface area contributed by atoms with E-state index in [1.54, 1.807) is 36.4 Å². The molecule has 0 spiro atoms. The summed E-state index contributed by atoms with van der Waals surface area (Å²) in [6, 6.07) is 12.2. The molecule has 0 amide bonds. The number of Topliss-reactive ketones (excluding diaryl/α,β-unsaturated/α-hetero) is 1. The molecule has 1 aliphatic rings. The van der Waals surface area contributed by atoms with Crippen LogP contribution in [-0.2, 0) is 4.79 Å². The first-order valence-corrected chi connectivity index (χ1v) is 8.47. The summed E-state index contributed by atoms with van der Waals surface area (Å²) >= 11 is 0. The number of nitro groups is 2. The van der Waals surface area contributed by atoms with E-state index in [9.17, 15) is 25.0 Å². The predicted octanol–water partition coefficient (Wildman–Crippen LogP) is 3.48. The lowest BCUT2D eigenvalue weighted by Gasteiger charge is -2.26. The van der Waals surface area contributed by atoms with Crippen molar-refractivity contribution >= 4 is 29.3 Å². The molecule has 0 radical (unpaired) electrons. The number of nitro benzene ring substituents is 2. The summed E-state index contributed by atoms with van der Waals surface area (Å²) in [4.78, 5) is 35.8. The maximum atomic E-state index is 12.9. The molecule has 0 saturated carbocycles. The van der Waals surface area contributed by atoms with E-state index in [0.717, 1.165) is 0 Å². The molecule has 8 nitrogen and oxygen atoms in total. The van der Waals surface area contributed by atoms with Gasteiger partial charge in [0.05, 0.1) is 9.85 Å². The molecule has 1 saturated heterocycles. The Bertz CT molecular complexity index is 947. The molecule has 0 atom stereocenters. The van der Waals surface area contributed by atoms with Crippen LogP contribution in [0.1, 0.15) is 11.1 Å². The number of likely N-dealkylation sites (tertiary alicyclic amines) is 1. The maximum Gasteiger partial charge on any atom is 0.270 e. The van der Waals surface area contributed by atoms with E-state index < -0.39 is 9.85 Å². The molecule has 2 aromatic carbocycles. The van der Waals surface area contributed by atoms with Crippen molar-refractivity contribution in [3.63, 3.8) is 0 Å². The average molecular weight is 379 g/mol. The van der Waals surface area contributed by atoms with Gasteiger partial charge in [0.2, 0.25) is 0 Å². The monoisotopic (exact) mass is 379 g/mol. The number of nitrogens with zero attached hydrogens (tertiary/aromatic N) is 3. The van der Waals surface area contributed by atoms with E-state index in [-0.39, 0.29) is 17.2 Å². The minimum atomic E-state index is -0.482. The van der Waals surface area contributed by atoms with Crippen LogP contribution in [0.15, 0.2) is 59.7 Å². The first-order valence-electron chi connectivity index (χ1n) is 8.47. The van der Waals surface area contributed by atoms with Gasteiger partial charge in [-0.25, -0.2) is 0 Å². The fraction of sp³-hybridized carbons (Fsp3) is 0.150. The molecule has 1 aliphatic heterocycles. The van der Waals surface area contributed by atoms with Crippen molar-refractivity contribution in [3.8, 4) is 0 Å². The summed E-state index contributed by atoms with van der Waals surface area (Å²) in [5.74, 6) is -0.170. The van der Waals surface area contributed by atoms with Crippen molar-refractivity contribution in [1.82, 2.24) is 4.90 Å². The molecule has 3 rings (SSSR count). The topological polar surface area (TPSA) is 107 Å². The highest BCUT2D eigenvalue weighted by Gasteiger charge is 2.24. The Balaban J connectivity index is 1.94. The number of ketones is 1. The van der Waals surface area contributed by atoms with E-state index in [1.807, 2.05) is 11.9 Å². The van der Waals surface area contributed by atoms with Crippen molar-refractivity contribution in [2.75, 3.05) is 20.1 Å². The fourth-order valence-electron chi connectivity index (χ4n) is 3.07. The van der Waals surface area contributed by atoms with Crippen LogP contribution in [0, 0.1) is 20.2 Å². The molecule has 142 valence electrons. The minimum Gasteiger partial charge on any atom is -0.298 e. The summed E-state index contributed by atoms with van der Waals surface area (Å²) in [6.45, 7) is 0.821. The highest BCUT2D eigenvalue weighted by atomic mass is 16.6. The first kappa shape index (κ1) is 19.1. The molecule has 0 aliphatic carbocycles. The summed E-state index contributed by atoms with van der Waals surface area (Å²) < 4.78 is 0. The van der Waals surface area contributed by atoms with Crippen molar-refractivity contribution in [2.24, 2.45) is 0 Å². The van der Waals surface area contributed by atoms with Gasteiger partial charge in [0, 0.05) is 48.5 Å². The molecule has 1 fully saturated rings. The number of benzene rings is 2. The van der Waals surface area contributed by atoms with Gasteiger partial charge in [0.25, 0.3) is 11.4 Å². The molecular formula is C20H17N3O5. The Labute approximate surface area is 160 Å². The smallest absolute Gasteiger partial charge is 0.270 e. The number of carbonyl (C=O) groups is 1. The quantitative estimate of drug-likeness (QED) is 0.457. The summed E-state index contributed by atoms with van der Waals surface area (Å²) in [7, 11) is 1.86. The highest BCUT2D eigenvalue weighted by molar-refractivity contribution is 6.14. The minimum absolute atomic E-state index is 0.0432. The molecule has 2 aromatic rings. The maximum absolute atomic E-state index is 12.9. The number of likely N-dealkylation sites (N-methyl/N-ethyl adjacent to an activating group) is 1. The zero-order valence-corrected chi connectivity index (χ0v) is 15.1. The largest absolute Gasteiger partial charge is 0.298 e. The van der Waals surface area contributed by atoms with Gasteiger partial charge in [0.1, 0.15) is 0 Å². The van der Waals surface area contributed by atoms with E-state index in [2.05, 4.69) is 0 Å². The molecule has 0 aromatic heterocycles. The standard InChI is InChI=1S/C20H17N3O5/c1-21-12-16(8-14-4-2-6-18(10-14)22(25)26)20(24)17(13-21)9-15-5-3-7-19(11-15)23(27)28/h2-11H,12-13H2,1H3/b16-8+,17-9?. The molecule has 0 bridgehead atoms. The van der Waals surface area contributed by atoms with Crippen molar-refractivity contribution in [1.29, 1.82) is 0 Å². The highest BCUT2D eigenvalue weighted by Crippen LogP contribution is 2.23. The second-order valence-electron chi connectivity index (χ2n) is 6.54. The molecular weight excluding hydrogens is 362 g/mol. The average Bonchev–Trinajstić information content (AvgIpc) is 2.66. The summed E-state index contributed by atoms with van der Waals surface area (Å²) in [5, 5.41) is 21.9. The second kappa shape index (κ2) is 7.93. The summed E-state index contributed by atoms with van der Waals surface area (Å²) in [6.07, 6.45) is 3.29. The van der Waals surface area contributed by atoms with E-state index >= 15 is 0 Å². The lowest BCUT2D eigenvalue weighted by molar-refractivity contribution is -0.385. The molecule has 0 N–H and O–H groups in total. The normalized spacial score (nSPS) is 17.8. The number of carbonyl (C=O) groups excluding carboxylic acids is 1. The van der Waals surface area contributed by atoms with Crippen LogP contribution >= 0.6 is 0 Å². The number of rotatable bonds is 4. The van der Waals surface area contributed by atoms with Gasteiger partial charge in [-0.2, -0.15) is 0 Å². The Morgan fingerprint density at radius 1 is 0.857 bits per heavy atom. The second-order valence-corrected chi connectivity index (χ2v) is 6.54. The van der Waals surface area contributed by atoms with Crippen LogP contribution in [0.4, 0.5) is 11.4 Å². The molecule has 0 unspecified atom stereocenters. The van der Waals surface area contributed by atoms with Gasteiger partial charge in [0.15, 0.2) is 5.78 Å². The number of non-ortho nitro benzene ring substituents is 2. The third-order valence-corrected chi connectivity index (χ3v) is 4.31. The van der Waals surface area contributed by atoms with Gasteiger partial charge >= 0.3 is 0 Å². The third kappa shape index (κ3) is 4.36. The SMILES string of the molecule is CN1CC(=Cc2cccc([N+](=O)[O-])c2)C(=O)/C(=C/c2cccc([N+](=O)[O-])c2)C1. The number of piperidine rings is 1. The predicted molar refractivity (Wildman–Crippen MR) is 105 cm³/mol. The van der Waals surface area contributed by atoms with Gasteiger partial charge in [-0.05, 0) is 30.3 Å². The zero-order valence-electron chi connectivity index (χ0n) is 15.1. The molecule has 8 heteroatoms. The Morgan fingerprint density at radius 2 is 1.29 bits per heavy atom. The first-order chi connectivity index (χ1) is 13.3. The van der Waals surface area contributed by atoms with Crippen LogP contribution in [0.3, 0.4) is 0 Å². The van der Waals surface area contributed by atoms with Crippen LogP contribution in [0.25, 0.3) is 12.2 Å². The van der Waals surface area contributed by atoms with Crippen molar-refractivity contribution in [3.05, 3.63) is 91.0 Å². The van der Waals surface area contributed by atoms with E-state index in [1.165, 1.54) is 24.3 Å². The number of hydrogen-bond acceptors (Lipinski definition) is 6. The third-order valence-electron chi connectivity index (χ3n) is 4.31. The van der Waals surface area contributed by atoms with Gasteiger partial charge < -0.3 is 0 Å². The lowest BCUT2D eigenvalue weighted by Crippen LogP contribution is -2.34. The lowest BCUT2D eigenvalue weighted by atomic mass is 9.94. The molecule has 28 heavy (non-hydrogen) atoms. The van der Waals surface area contributed by atoms with Crippen LogP contribution in [-0.4, -0.2) is 40.7 Å². The van der Waals surface area contributed by atoms with Gasteiger partial charge in [-0.3, -0.25) is 29.9 Å². The van der Waals surface area contributed by atoms with Gasteiger partial charge in [-0.15, -0.1) is 0 Å².